The molecule has 0 saturated carbocycles. The zero-order chi connectivity index (χ0) is 16.5. The molecule has 0 bridgehead atoms. The van der Waals surface area contributed by atoms with Crippen LogP contribution in [0.25, 0.3) is 0 Å². The summed E-state index contributed by atoms with van der Waals surface area (Å²) in [7, 11) is 0. The first-order chi connectivity index (χ1) is 11.2. The molecule has 5 nitrogen and oxygen atoms in total. The molecular formula is C17H24N4OS. The van der Waals surface area contributed by atoms with Crippen molar-refractivity contribution in [2.45, 2.75) is 25.4 Å². The Bertz CT molecular complexity index is 600. The van der Waals surface area contributed by atoms with Crippen molar-refractivity contribution in [3.63, 3.8) is 0 Å². The number of nitrogens with one attached hydrogen (secondary N) is 1. The summed E-state index contributed by atoms with van der Waals surface area (Å²) in [4.78, 5) is 16.3. The number of amides is 1. The Kier molecular flexibility index (Phi) is 7.16. The highest BCUT2D eigenvalue weighted by molar-refractivity contribution is 7.98. The number of nitrogens with zero attached hydrogens (tertiary/aromatic N) is 2. The van der Waals surface area contributed by atoms with Gasteiger partial charge in [-0.1, -0.05) is 30.3 Å². The third-order valence-electron chi connectivity index (χ3n) is 3.48. The van der Waals surface area contributed by atoms with Crippen molar-refractivity contribution in [2.75, 3.05) is 18.6 Å². The van der Waals surface area contributed by atoms with Gasteiger partial charge in [-0.3, -0.25) is 4.79 Å². The molecule has 23 heavy (non-hydrogen) atoms. The van der Waals surface area contributed by atoms with Gasteiger partial charge in [0.1, 0.15) is 0 Å². The van der Waals surface area contributed by atoms with Crippen molar-refractivity contribution in [1.82, 2.24) is 14.9 Å². The third-order valence-corrected chi connectivity index (χ3v) is 4.18. The smallest absolute Gasteiger partial charge is 0.237 e. The largest absolute Gasteiger partial charge is 0.355 e. The maximum Gasteiger partial charge on any atom is 0.237 e. The van der Waals surface area contributed by atoms with E-state index in [4.69, 9.17) is 5.73 Å². The highest BCUT2D eigenvalue weighted by Crippen LogP contribution is 2.05. The van der Waals surface area contributed by atoms with Crippen LogP contribution in [0.5, 0.6) is 0 Å². The summed E-state index contributed by atoms with van der Waals surface area (Å²) >= 11 is 1.77. The lowest BCUT2D eigenvalue weighted by atomic mass is 10.1. The predicted octanol–water partition coefficient (Wildman–Crippen LogP) is 1.67. The molecule has 0 fully saturated rings. The highest BCUT2D eigenvalue weighted by Gasteiger charge is 2.15. The van der Waals surface area contributed by atoms with Gasteiger partial charge in [0, 0.05) is 25.7 Å². The normalized spacial score (nSPS) is 12.1. The van der Waals surface area contributed by atoms with E-state index >= 15 is 0 Å². The highest BCUT2D eigenvalue weighted by atomic mass is 32.2. The van der Waals surface area contributed by atoms with E-state index in [1.165, 1.54) is 5.56 Å². The van der Waals surface area contributed by atoms with Crippen LogP contribution in [-0.4, -0.2) is 40.1 Å². The van der Waals surface area contributed by atoms with Crippen molar-refractivity contribution < 1.29 is 4.79 Å². The quantitative estimate of drug-likeness (QED) is 0.685. The minimum absolute atomic E-state index is 0.108. The van der Waals surface area contributed by atoms with E-state index in [1.54, 1.807) is 18.1 Å². The summed E-state index contributed by atoms with van der Waals surface area (Å²) in [6.45, 7) is 1.44. The van der Waals surface area contributed by atoms with Crippen LogP contribution in [0.1, 0.15) is 17.7 Å². The monoisotopic (exact) mass is 332 g/mol. The maximum absolute atomic E-state index is 11.9. The van der Waals surface area contributed by atoms with E-state index in [0.29, 0.717) is 13.0 Å². The SMILES string of the molecule is CSCCCNC(=O)[C@@H](N)Cc1cn(Cc2ccccc2)cn1. The van der Waals surface area contributed by atoms with E-state index in [-0.39, 0.29) is 5.91 Å². The molecule has 0 radical (unpaired) electrons. The molecule has 6 heteroatoms. The standard InChI is InChI=1S/C17H24N4OS/c1-23-9-5-8-19-17(22)16(18)10-15-12-21(13-20-15)11-14-6-3-2-4-7-14/h2-4,6-7,12-13,16H,5,8-11,18H2,1H3,(H,19,22)/t16-/m0/s1. The molecule has 1 atom stereocenters. The lowest BCUT2D eigenvalue weighted by Crippen LogP contribution is -2.42. The van der Waals surface area contributed by atoms with Gasteiger partial charge in [-0.15, -0.1) is 0 Å². The van der Waals surface area contributed by atoms with Crippen LogP contribution in [0.15, 0.2) is 42.9 Å². The Morgan fingerprint density at radius 3 is 2.91 bits per heavy atom. The van der Waals surface area contributed by atoms with Gasteiger partial charge < -0.3 is 15.6 Å². The predicted molar refractivity (Wildman–Crippen MR) is 95.5 cm³/mol. The van der Waals surface area contributed by atoms with Gasteiger partial charge in [-0.05, 0) is 24.0 Å². The first kappa shape index (κ1) is 17.6. The van der Waals surface area contributed by atoms with Crippen LogP contribution in [0.4, 0.5) is 0 Å². The van der Waals surface area contributed by atoms with Gasteiger partial charge in [-0.25, -0.2) is 4.98 Å². The van der Waals surface area contributed by atoms with Crippen LogP contribution in [0, 0.1) is 0 Å². The van der Waals surface area contributed by atoms with Crippen molar-refractivity contribution in [3.05, 3.63) is 54.1 Å². The van der Waals surface area contributed by atoms with Gasteiger partial charge in [-0.2, -0.15) is 11.8 Å². The molecule has 2 aromatic rings. The molecule has 1 aromatic heterocycles. The molecule has 0 aliphatic rings. The van der Waals surface area contributed by atoms with Gasteiger partial charge >= 0.3 is 0 Å². The zero-order valence-electron chi connectivity index (χ0n) is 13.4. The fourth-order valence-corrected chi connectivity index (χ4v) is 2.70. The number of rotatable bonds is 9. The summed E-state index contributed by atoms with van der Waals surface area (Å²) in [5.41, 5.74) is 8.01. The fraction of sp³-hybridized carbons (Fsp3) is 0.412. The first-order valence-electron chi connectivity index (χ1n) is 7.76. The van der Waals surface area contributed by atoms with Crippen molar-refractivity contribution >= 4 is 17.7 Å². The van der Waals surface area contributed by atoms with E-state index in [9.17, 15) is 4.79 Å². The number of carbonyl (C=O) groups excluding carboxylic acids is 1. The van der Waals surface area contributed by atoms with Gasteiger partial charge in [0.25, 0.3) is 0 Å². The molecule has 1 amide bonds. The molecule has 1 heterocycles. The molecule has 0 spiro atoms. The molecule has 124 valence electrons. The lowest BCUT2D eigenvalue weighted by molar-refractivity contribution is -0.122. The van der Waals surface area contributed by atoms with Crippen molar-refractivity contribution in [1.29, 1.82) is 0 Å². The lowest BCUT2D eigenvalue weighted by Gasteiger charge is -2.10. The Hall–Kier alpha value is -1.79. The maximum atomic E-state index is 11.9. The summed E-state index contributed by atoms with van der Waals surface area (Å²) in [6, 6.07) is 9.64. The number of hydrogen-bond donors (Lipinski definition) is 2. The van der Waals surface area contributed by atoms with Crippen LogP contribution in [0.2, 0.25) is 0 Å². The Balaban J connectivity index is 1.80. The number of hydrogen-bond acceptors (Lipinski definition) is 4. The number of nitrogens with two attached hydrogens (primary N) is 1. The van der Waals surface area contributed by atoms with E-state index in [1.807, 2.05) is 29.0 Å². The molecule has 1 aromatic carbocycles. The molecule has 3 N–H and O–H groups in total. The summed E-state index contributed by atoms with van der Waals surface area (Å²) in [5.74, 6) is 0.933. The molecule has 0 saturated heterocycles. The van der Waals surface area contributed by atoms with Gasteiger partial charge in [0.15, 0.2) is 0 Å². The van der Waals surface area contributed by atoms with Gasteiger partial charge in [0.2, 0.25) is 5.91 Å². The average Bonchev–Trinajstić information content (AvgIpc) is 2.99. The van der Waals surface area contributed by atoms with Crippen LogP contribution < -0.4 is 11.1 Å². The third kappa shape index (κ3) is 6.08. The van der Waals surface area contributed by atoms with E-state index < -0.39 is 6.04 Å². The first-order valence-corrected chi connectivity index (χ1v) is 9.15. The van der Waals surface area contributed by atoms with Gasteiger partial charge in [0.05, 0.1) is 18.1 Å². The Labute approximate surface area is 141 Å². The molecule has 0 unspecified atom stereocenters. The summed E-state index contributed by atoms with van der Waals surface area (Å²) < 4.78 is 2.01. The minimum Gasteiger partial charge on any atom is -0.355 e. The zero-order valence-corrected chi connectivity index (χ0v) is 14.3. The second kappa shape index (κ2) is 9.37. The minimum atomic E-state index is -0.552. The topological polar surface area (TPSA) is 72.9 Å². The average molecular weight is 332 g/mol. The molecular weight excluding hydrogens is 308 g/mol. The second-order valence-corrected chi connectivity index (χ2v) is 6.46. The fourth-order valence-electron chi connectivity index (χ4n) is 2.27. The summed E-state index contributed by atoms with van der Waals surface area (Å²) in [6.07, 6.45) is 7.21. The molecule has 0 aliphatic carbocycles. The number of benzene rings is 1. The Morgan fingerprint density at radius 2 is 2.17 bits per heavy atom. The van der Waals surface area contributed by atoms with Crippen molar-refractivity contribution in [3.8, 4) is 0 Å². The molecule has 0 aliphatic heterocycles. The number of carbonyl (C=O) groups is 1. The van der Waals surface area contributed by atoms with E-state index in [2.05, 4.69) is 28.7 Å². The van der Waals surface area contributed by atoms with E-state index in [0.717, 1.165) is 24.4 Å². The van der Waals surface area contributed by atoms with Crippen LogP contribution in [0.3, 0.4) is 0 Å². The number of thioether (sulfide) groups is 1. The van der Waals surface area contributed by atoms with Crippen LogP contribution in [-0.2, 0) is 17.8 Å². The van der Waals surface area contributed by atoms with Crippen molar-refractivity contribution in [2.24, 2.45) is 5.73 Å². The number of imidazole rings is 1. The molecule has 2 rings (SSSR count). The second-order valence-electron chi connectivity index (χ2n) is 5.47. The van der Waals surface area contributed by atoms with Crippen LogP contribution >= 0.6 is 11.8 Å². The Morgan fingerprint density at radius 1 is 1.39 bits per heavy atom. The number of aromatic nitrogens is 2. The summed E-state index contributed by atoms with van der Waals surface area (Å²) in [5, 5.41) is 2.87.